The van der Waals surface area contributed by atoms with Crippen LogP contribution in [0.1, 0.15) is 34.6 Å². The number of hydrogen-bond donors (Lipinski definition) is 2. The number of para-hydroxylation sites is 1. The zero-order valence-corrected chi connectivity index (χ0v) is 13.8. The Balaban J connectivity index is 2.04. The minimum atomic E-state index is -0.598. The van der Waals surface area contributed by atoms with Crippen molar-refractivity contribution in [3.63, 3.8) is 0 Å². The minimum Gasteiger partial charge on any atom is -0.340 e. The number of nitrogens with one attached hydrogen (secondary N) is 2. The number of anilines is 1. The highest BCUT2D eigenvalue weighted by Crippen LogP contribution is 2.21. The Labute approximate surface area is 134 Å². The molecular formula is C17H20N2O2S. The van der Waals surface area contributed by atoms with Crippen molar-refractivity contribution in [2.75, 3.05) is 5.32 Å². The first-order valence-electron chi connectivity index (χ1n) is 7.26. The highest BCUT2D eigenvalue weighted by atomic mass is 32.1. The van der Waals surface area contributed by atoms with Crippen molar-refractivity contribution >= 4 is 28.8 Å². The van der Waals surface area contributed by atoms with Crippen LogP contribution in [0.2, 0.25) is 0 Å². The van der Waals surface area contributed by atoms with Gasteiger partial charge in [-0.25, -0.2) is 0 Å². The summed E-state index contributed by atoms with van der Waals surface area (Å²) in [6.45, 7) is 5.70. The number of amides is 2. The molecule has 2 aromatic rings. The van der Waals surface area contributed by atoms with Gasteiger partial charge >= 0.3 is 0 Å². The van der Waals surface area contributed by atoms with E-state index in [2.05, 4.69) is 10.6 Å². The number of carbonyl (C=O) groups is 2. The fraction of sp³-hybridized carbons (Fsp3) is 0.294. The van der Waals surface area contributed by atoms with Crippen LogP contribution in [0.5, 0.6) is 0 Å². The van der Waals surface area contributed by atoms with Gasteiger partial charge < -0.3 is 10.6 Å². The molecule has 0 aliphatic heterocycles. The normalized spacial score (nSPS) is 11.8. The van der Waals surface area contributed by atoms with E-state index in [0.29, 0.717) is 4.88 Å². The monoisotopic (exact) mass is 316 g/mol. The molecule has 0 radical (unpaired) electrons. The molecule has 1 atom stereocenters. The number of benzene rings is 1. The molecule has 1 aromatic carbocycles. The lowest BCUT2D eigenvalue weighted by atomic mass is 10.1. The molecule has 0 fully saturated rings. The molecule has 0 aliphatic carbocycles. The molecule has 2 amide bonds. The molecule has 2 rings (SSSR count). The Hall–Kier alpha value is -2.14. The van der Waals surface area contributed by atoms with Gasteiger partial charge in [0.25, 0.3) is 5.91 Å². The molecule has 0 saturated heterocycles. The van der Waals surface area contributed by atoms with Crippen LogP contribution in [0.15, 0.2) is 35.7 Å². The smallest absolute Gasteiger partial charge is 0.261 e. The van der Waals surface area contributed by atoms with Crippen molar-refractivity contribution in [2.45, 2.75) is 33.2 Å². The summed E-state index contributed by atoms with van der Waals surface area (Å²) >= 11 is 1.35. The van der Waals surface area contributed by atoms with Crippen LogP contribution in [0.25, 0.3) is 0 Å². The second-order valence-corrected chi connectivity index (χ2v) is 6.07. The summed E-state index contributed by atoms with van der Waals surface area (Å²) in [6, 6.07) is 8.89. The third-order valence-electron chi connectivity index (χ3n) is 3.47. The van der Waals surface area contributed by atoms with Gasteiger partial charge in [-0.15, -0.1) is 11.3 Å². The Morgan fingerprint density at radius 1 is 1.23 bits per heavy atom. The molecule has 2 N–H and O–H groups in total. The van der Waals surface area contributed by atoms with E-state index in [1.807, 2.05) is 43.5 Å². The van der Waals surface area contributed by atoms with Gasteiger partial charge in [0.1, 0.15) is 6.04 Å². The summed E-state index contributed by atoms with van der Waals surface area (Å²) in [6.07, 6.45) is 0.841. The number of hydrogen-bond acceptors (Lipinski definition) is 3. The van der Waals surface area contributed by atoms with E-state index in [0.717, 1.165) is 23.2 Å². The first-order valence-corrected chi connectivity index (χ1v) is 8.14. The highest BCUT2D eigenvalue weighted by Gasteiger charge is 2.18. The molecule has 116 valence electrons. The van der Waals surface area contributed by atoms with Crippen LogP contribution >= 0.6 is 11.3 Å². The van der Waals surface area contributed by atoms with Crippen molar-refractivity contribution in [3.05, 3.63) is 51.7 Å². The quantitative estimate of drug-likeness (QED) is 0.888. The van der Waals surface area contributed by atoms with Crippen LogP contribution in [-0.4, -0.2) is 17.9 Å². The average Bonchev–Trinajstić information content (AvgIpc) is 3.03. The minimum absolute atomic E-state index is 0.214. The summed E-state index contributed by atoms with van der Waals surface area (Å²) < 4.78 is 0. The maximum atomic E-state index is 12.3. The fourth-order valence-corrected chi connectivity index (χ4v) is 2.80. The van der Waals surface area contributed by atoms with Gasteiger partial charge in [-0.2, -0.15) is 0 Å². The summed E-state index contributed by atoms with van der Waals surface area (Å²) in [5.41, 5.74) is 2.95. The third kappa shape index (κ3) is 3.74. The van der Waals surface area contributed by atoms with Crippen LogP contribution in [-0.2, 0) is 11.2 Å². The zero-order valence-electron chi connectivity index (χ0n) is 13.0. The largest absolute Gasteiger partial charge is 0.340 e. The standard InChI is InChI=1S/C17H20N2O2S/c1-4-13-8-5-7-11(2)15(13)19-16(20)12(3)18-17(21)14-9-6-10-22-14/h5-10,12H,4H2,1-3H3,(H,18,21)(H,19,20). The van der Waals surface area contributed by atoms with Gasteiger partial charge in [0, 0.05) is 5.69 Å². The van der Waals surface area contributed by atoms with Crippen LogP contribution in [0.3, 0.4) is 0 Å². The molecule has 1 unspecified atom stereocenters. The molecule has 0 bridgehead atoms. The average molecular weight is 316 g/mol. The van der Waals surface area contributed by atoms with Gasteiger partial charge in [0.15, 0.2) is 0 Å². The lowest BCUT2D eigenvalue weighted by Crippen LogP contribution is -2.41. The van der Waals surface area contributed by atoms with Crippen LogP contribution < -0.4 is 10.6 Å². The Morgan fingerprint density at radius 2 is 2.00 bits per heavy atom. The number of rotatable bonds is 5. The van der Waals surface area contributed by atoms with Gasteiger partial charge in [-0.05, 0) is 42.8 Å². The Kier molecular flexibility index (Phi) is 5.33. The van der Waals surface area contributed by atoms with E-state index in [4.69, 9.17) is 0 Å². The summed E-state index contributed by atoms with van der Waals surface area (Å²) in [7, 11) is 0. The zero-order chi connectivity index (χ0) is 16.1. The van der Waals surface area contributed by atoms with Gasteiger partial charge in [-0.3, -0.25) is 9.59 Å². The van der Waals surface area contributed by atoms with Crippen molar-refractivity contribution < 1.29 is 9.59 Å². The maximum absolute atomic E-state index is 12.3. The van der Waals surface area contributed by atoms with Crippen molar-refractivity contribution in [1.82, 2.24) is 5.32 Å². The number of aryl methyl sites for hydroxylation is 2. The fourth-order valence-electron chi connectivity index (χ4n) is 2.17. The first kappa shape index (κ1) is 16.2. The van der Waals surface area contributed by atoms with E-state index in [1.54, 1.807) is 13.0 Å². The van der Waals surface area contributed by atoms with Crippen LogP contribution in [0, 0.1) is 6.92 Å². The SMILES string of the molecule is CCc1cccc(C)c1NC(=O)C(C)NC(=O)c1cccs1. The van der Waals surface area contributed by atoms with E-state index in [1.165, 1.54) is 11.3 Å². The van der Waals surface area contributed by atoms with E-state index >= 15 is 0 Å². The molecule has 1 heterocycles. The Bertz CT molecular complexity index is 665. The Morgan fingerprint density at radius 3 is 2.64 bits per heavy atom. The van der Waals surface area contributed by atoms with Gasteiger partial charge in [-0.1, -0.05) is 31.2 Å². The number of thiophene rings is 1. The predicted molar refractivity (Wildman–Crippen MR) is 90.4 cm³/mol. The molecular weight excluding hydrogens is 296 g/mol. The molecule has 5 heteroatoms. The molecule has 4 nitrogen and oxygen atoms in total. The second-order valence-electron chi connectivity index (χ2n) is 5.12. The number of carbonyl (C=O) groups excluding carboxylic acids is 2. The molecule has 0 aliphatic rings. The lowest BCUT2D eigenvalue weighted by molar-refractivity contribution is -0.117. The molecule has 0 saturated carbocycles. The maximum Gasteiger partial charge on any atom is 0.261 e. The van der Waals surface area contributed by atoms with Gasteiger partial charge in [0.05, 0.1) is 4.88 Å². The molecule has 22 heavy (non-hydrogen) atoms. The summed E-state index contributed by atoms with van der Waals surface area (Å²) in [4.78, 5) is 24.9. The van der Waals surface area contributed by atoms with Crippen molar-refractivity contribution in [3.8, 4) is 0 Å². The first-order chi connectivity index (χ1) is 10.5. The molecule has 0 spiro atoms. The van der Waals surface area contributed by atoms with Crippen molar-refractivity contribution in [1.29, 1.82) is 0 Å². The topological polar surface area (TPSA) is 58.2 Å². The van der Waals surface area contributed by atoms with E-state index in [9.17, 15) is 9.59 Å². The third-order valence-corrected chi connectivity index (χ3v) is 4.34. The predicted octanol–water partition coefficient (Wildman–Crippen LogP) is 3.38. The summed E-state index contributed by atoms with van der Waals surface area (Å²) in [5.74, 6) is -0.438. The van der Waals surface area contributed by atoms with E-state index < -0.39 is 6.04 Å². The molecule has 1 aromatic heterocycles. The lowest BCUT2D eigenvalue weighted by Gasteiger charge is -2.17. The van der Waals surface area contributed by atoms with Crippen LogP contribution in [0.4, 0.5) is 5.69 Å². The van der Waals surface area contributed by atoms with Crippen molar-refractivity contribution in [2.24, 2.45) is 0 Å². The van der Waals surface area contributed by atoms with E-state index in [-0.39, 0.29) is 11.8 Å². The van der Waals surface area contributed by atoms with Gasteiger partial charge in [0.2, 0.25) is 5.91 Å². The highest BCUT2D eigenvalue weighted by molar-refractivity contribution is 7.12. The summed E-state index contributed by atoms with van der Waals surface area (Å²) in [5, 5.41) is 7.48. The second kappa shape index (κ2) is 7.22.